The quantitative estimate of drug-likeness (QED) is 0.721. The Morgan fingerprint density at radius 1 is 1.23 bits per heavy atom. The molecule has 3 rings (SSSR count). The van der Waals surface area contributed by atoms with Crippen LogP contribution in [0.3, 0.4) is 0 Å². The predicted molar refractivity (Wildman–Crippen MR) is 81.1 cm³/mol. The van der Waals surface area contributed by atoms with Crippen molar-refractivity contribution < 1.29 is 4.42 Å². The van der Waals surface area contributed by atoms with E-state index in [1.165, 1.54) is 11.9 Å². The Morgan fingerprint density at radius 2 is 2.09 bits per heavy atom. The minimum atomic E-state index is 0.0653. The molecular weight excluding hydrogens is 280 g/mol. The molecule has 0 amide bonds. The predicted octanol–water partition coefficient (Wildman–Crippen LogP) is 2.47. The van der Waals surface area contributed by atoms with Gasteiger partial charge in [0, 0.05) is 13.0 Å². The second-order valence-electron chi connectivity index (χ2n) is 4.91. The Balaban J connectivity index is 1.73. The van der Waals surface area contributed by atoms with Gasteiger partial charge in [-0.1, -0.05) is 42.4 Å². The first kappa shape index (κ1) is 14.2. The lowest BCUT2D eigenvalue weighted by atomic mass is 10.0. The van der Waals surface area contributed by atoms with Crippen LogP contribution in [0.4, 0.5) is 6.01 Å². The third-order valence-corrected chi connectivity index (χ3v) is 3.38. The van der Waals surface area contributed by atoms with Crippen LogP contribution in [0.5, 0.6) is 0 Å². The molecule has 114 valence electrons. The maximum atomic E-state index is 5.55. The van der Waals surface area contributed by atoms with E-state index in [9.17, 15) is 0 Å². The van der Waals surface area contributed by atoms with Crippen molar-refractivity contribution >= 4 is 6.01 Å². The third kappa shape index (κ3) is 3.49. The monoisotopic (exact) mass is 298 g/mol. The molecule has 7 heteroatoms. The Labute approximate surface area is 128 Å². The van der Waals surface area contributed by atoms with Crippen LogP contribution < -0.4 is 5.32 Å². The highest BCUT2D eigenvalue weighted by Crippen LogP contribution is 2.22. The van der Waals surface area contributed by atoms with E-state index in [4.69, 9.17) is 4.42 Å². The lowest BCUT2D eigenvalue weighted by Gasteiger charge is -2.17. The zero-order valence-corrected chi connectivity index (χ0v) is 12.4. The summed E-state index contributed by atoms with van der Waals surface area (Å²) in [6.45, 7) is 2.73. The maximum Gasteiger partial charge on any atom is 0.315 e. The molecule has 0 spiro atoms. The highest BCUT2D eigenvalue weighted by molar-refractivity contribution is 5.29. The largest absolute Gasteiger partial charge is 0.408 e. The fraction of sp³-hybridized carbons (Fsp3) is 0.333. The summed E-state index contributed by atoms with van der Waals surface area (Å²) in [5.74, 6) is 0.630. The van der Waals surface area contributed by atoms with Crippen molar-refractivity contribution in [1.82, 2.24) is 25.0 Å². The zero-order valence-electron chi connectivity index (χ0n) is 12.4. The zero-order chi connectivity index (χ0) is 15.2. The van der Waals surface area contributed by atoms with Gasteiger partial charge in [-0.3, -0.25) is 4.68 Å². The minimum absolute atomic E-state index is 0.0653. The van der Waals surface area contributed by atoms with Gasteiger partial charge in [0.2, 0.25) is 5.89 Å². The van der Waals surface area contributed by atoms with Gasteiger partial charge < -0.3 is 9.73 Å². The molecule has 1 N–H and O–H groups in total. The molecule has 2 aromatic heterocycles. The SMILES string of the molecule is CCc1nnc(N[C@H](CCn2cncn2)c2ccccc2)o1. The Kier molecular flexibility index (Phi) is 4.43. The Bertz CT molecular complexity index is 679. The van der Waals surface area contributed by atoms with Crippen LogP contribution in [0.15, 0.2) is 47.4 Å². The molecule has 0 bridgehead atoms. The van der Waals surface area contributed by atoms with E-state index >= 15 is 0 Å². The number of benzene rings is 1. The molecule has 1 aromatic carbocycles. The van der Waals surface area contributed by atoms with E-state index in [0.29, 0.717) is 11.9 Å². The molecular formula is C15H18N6O. The summed E-state index contributed by atoms with van der Waals surface area (Å²) in [7, 11) is 0. The molecule has 0 saturated carbocycles. The number of nitrogens with zero attached hydrogens (tertiary/aromatic N) is 5. The summed E-state index contributed by atoms with van der Waals surface area (Å²) in [6, 6.07) is 10.7. The maximum absolute atomic E-state index is 5.55. The number of anilines is 1. The number of aromatic nitrogens is 5. The Hall–Kier alpha value is -2.70. The average Bonchev–Trinajstić information content (AvgIpc) is 3.23. The van der Waals surface area contributed by atoms with E-state index in [1.807, 2.05) is 29.8 Å². The van der Waals surface area contributed by atoms with Crippen LogP contribution in [0.25, 0.3) is 0 Å². The lowest BCUT2D eigenvalue weighted by Crippen LogP contribution is -2.14. The first-order valence-corrected chi connectivity index (χ1v) is 7.31. The molecule has 0 radical (unpaired) electrons. The molecule has 22 heavy (non-hydrogen) atoms. The van der Waals surface area contributed by atoms with Crippen molar-refractivity contribution in [2.24, 2.45) is 0 Å². The lowest BCUT2D eigenvalue weighted by molar-refractivity contribution is 0.489. The van der Waals surface area contributed by atoms with Gasteiger partial charge in [-0.25, -0.2) is 4.98 Å². The van der Waals surface area contributed by atoms with Crippen molar-refractivity contribution in [2.45, 2.75) is 32.4 Å². The molecule has 0 unspecified atom stereocenters. The van der Waals surface area contributed by atoms with Crippen molar-refractivity contribution in [1.29, 1.82) is 0 Å². The van der Waals surface area contributed by atoms with Crippen LogP contribution >= 0.6 is 0 Å². The van der Waals surface area contributed by atoms with Gasteiger partial charge in [0.1, 0.15) is 12.7 Å². The number of aryl methyl sites for hydroxylation is 2. The highest BCUT2D eigenvalue weighted by Gasteiger charge is 2.15. The van der Waals surface area contributed by atoms with Gasteiger partial charge >= 0.3 is 6.01 Å². The van der Waals surface area contributed by atoms with Crippen LogP contribution in [0.2, 0.25) is 0 Å². The van der Waals surface area contributed by atoms with Crippen LogP contribution in [0.1, 0.15) is 30.8 Å². The molecule has 1 atom stereocenters. The summed E-state index contributed by atoms with van der Waals surface area (Å²) in [4.78, 5) is 3.96. The van der Waals surface area contributed by atoms with Gasteiger partial charge in [-0.05, 0) is 12.0 Å². The number of hydrogen-bond donors (Lipinski definition) is 1. The summed E-state index contributed by atoms with van der Waals surface area (Å²) < 4.78 is 7.36. The average molecular weight is 298 g/mol. The van der Waals surface area contributed by atoms with E-state index in [-0.39, 0.29) is 6.04 Å². The van der Waals surface area contributed by atoms with Crippen molar-refractivity contribution in [3.63, 3.8) is 0 Å². The highest BCUT2D eigenvalue weighted by atomic mass is 16.4. The first-order chi connectivity index (χ1) is 10.8. The molecule has 0 aliphatic carbocycles. The molecule has 0 saturated heterocycles. The molecule has 0 fully saturated rings. The van der Waals surface area contributed by atoms with Crippen molar-refractivity contribution in [3.05, 3.63) is 54.4 Å². The van der Waals surface area contributed by atoms with Gasteiger partial charge in [-0.15, -0.1) is 5.10 Å². The van der Waals surface area contributed by atoms with Gasteiger partial charge in [0.05, 0.1) is 6.04 Å². The fourth-order valence-electron chi connectivity index (χ4n) is 2.22. The Morgan fingerprint density at radius 3 is 2.77 bits per heavy atom. The van der Waals surface area contributed by atoms with Crippen LogP contribution in [-0.4, -0.2) is 25.0 Å². The fourth-order valence-corrected chi connectivity index (χ4v) is 2.22. The van der Waals surface area contributed by atoms with Crippen molar-refractivity contribution in [2.75, 3.05) is 5.32 Å². The molecule has 3 aromatic rings. The molecule has 0 aliphatic rings. The normalized spacial score (nSPS) is 12.2. The number of nitrogens with one attached hydrogen (secondary N) is 1. The van der Waals surface area contributed by atoms with E-state index in [1.54, 1.807) is 6.33 Å². The van der Waals surface area contributed by atoms with Gasteiger partial charge in [0.25, 0.3) is 0 Å². The third-order valence-electron chi connectivity index (χ3n) is 3.38. The second-order valence-corrected chi connectivity index (χ2v) is 4.91. The van der Waals surface area contributed by atoms with E-state index in [0.717, 1.165) is 19.4 Å². The van der Waals surface area contributed by atoms with Crippen LogP contribution in [-0.2, 0) is 13.0 Å². The molecule has 0 aliphatic heterocycles. The second kappa shape index (κ2) is 6.84. The number of hydrogen-bond acceptors (Lipinski definition) is 6. The van der Waals surface area contributed by atoms with Crippen LogP contribution in [0, 0.1) is 0 Å². The summed E-state index contributed by atoms with van der Waals surface area (Å²) in [5.41, 5.74) is 1.17. The topological polar surface area (TPSA) is 81.7 Å². The first-order valence-electron chi connectivity index (χ1n) is 7.31. The molecule has 7 nitrogen and oxygen atoms in total. The smallest absolute Gasteiger partial charge is 0.315 e. The summed E-state index contributed by atoms with van der Waals surface area (Å²) in [5, 5.41) is 15.5. The van der Waals surface area contributed by atoms with E-state index < -0.39 is 0 Å². The van der Waals surface area contributed by atoms with Gasteiger partial charge in [-0.2, -0.15) is 5.10 Å². The summed E-state index contributed by atoms with van der Waals surface area (Å²) in [6.07, 6.45) is 4.81. The van der Waals surface area contributed by atoms with Crippen molar-refractivity contribution in [3.8, 4) is 0 Å². The number of rotatable bonds is 7. The van der Waals surface area contributed by atoms with E-state index in [2.05, 4.69) is 37.7 Å². The standard InChI is InChI=1S/C15H18N6O/c1-2-14-19-20-15(22-14)18-13(12-6-4-3-5-7-12)8-9-21-11-16-10-17-21/h3-7,10-11,13H,2,8-9H2,1H3,(H,18,20)/t13-/m1/s1. The summed E-state index contributed by atoms with van der Waals surface area (Å²) >= 11 is 0. The van der Waals surface area contributed by atoms with Gasteiger partial charge in [0.15, 0.2) is 0 Å². The molecule has 2 heterocycles. The minimum Gasteiger partial charge on any atom is -0.408 e.